The van der Waals surface area contributed by atoms with Crippen molar-refractivity contribution in [2.75, 3.05) is 26.2 Å². The van der Waals surface area contributed by atoms with Crippen molar-refractivity contribution in [1.82, 2.24) is 10.2 Å². The van der Waals surface area contributed by atoms with Gasteiger partial charge in [-0.2, -0.15) is 5.26 Å². The highest BCUT2D eigenvalue weighted by atomic mass is 16.3. The number of benzene rings is 1. The van der Waals surface area contributed by atoms with Gasteiger partial charge in [0.15, 0.2) is 0 Å². The molecule has 1 unspecified atom stereocenters. The van der Waals surface area contributed by atoms with Gasteiger partial charge in [0.2, 0.25) is 0 Å². The second kappa shape index (κ2) is 7.92. The van der Waals surface area contributed by atoms with Gasteiger partial charge in [0, 0.05) is 32.2 Å². The minimum atomic E-state index is -0.116. The third kappa shape index (κ3) is 4.54. The summed E-state index contributed by atoms with van der Waals surface area (Å²) in [6.45, 7) is 3.93. The van der Waals surface area contributed by atoms with Crippen LogP contribution in [0.3, 0.4) is 0 Å². The quantitative estimate of drug-likeness (QED) is 0.875. The van der Waals surface area contributed by atoms with Crippen LogP contribution in [0.5, 0.6) is 0 Å². The standard InChI is InChI=1S/C19H27N3O/c20-13-15-2-1-3-17(12-15)16-4-6-18(7-5-16)21-9-11-22-10-8-19(23)14-22/h1-3,12,16,18-19,21,23H,4-11,14H2/t16-,18-,19?. The Morgan fingerprint density at radius 2 is 2.04 bits per heavy atom. The first kappa shape index (κ1) is 16.4. The van der Waals surface area contributed by atoms with E-state index in [0.29, 0.717) is 12.0 Å². The molecule has 3 rings (SSSR count). The minimum Gasteiger partial charge on any atom is -0.392 e. The van der Waals surface area contributed by atoms with E-state index in [0.717, 1.165) is 38.2 Å². The van der Waals surface area contributed by atoms with Gasteiger partial charge in [-0.15, -0.1) is 0 Å². The number of hydrogen-bond donors (Lipinski definition) is 2. The number of aliphatic hydroxyl groups excluding tert-OH is 1. The first-order valence-corrected chi connectivity index (χ1v) is 8.88. The number of likely N-dealkylation sites (tertiary alicyclic amines) is 1. The Balaban J connectivity index is 1.39. The van der Waals surface area contributed by atoms with Crippen molar-refractivity contribution in [3.63, 3.8) is 0 Å². The SMILES string of the molecule is N#Cc1cccc([C@H]2CC[C@H](NCCN3CCC(O)C3)CC2)c1. The molecule has 1 aromatic rings. The molecule has 2 fully saturated rings. The highest BCUT2D eigenvalue weighted by Crippen LogP contribution is 2.33. The van der Waals surface area contributed by atoms with Gasteiger partial charge in [-0.25, -0.2) is 0 Å². The third-order valence-corrected chi connectivity index (χ3v) is 5.32. The van der Waals surface area contributed by atoms with E-state index < -0.39 is 0 Å². The smallest absolute Gasteiger partial charge is 0.0991 e. The van der Waals surface area contributed by atoms with Gasteiger partial charge in [0.25, 0.3) is 0 Å². The van der Waals surface area contributed by atoms with Gasteiger partial charge in [-0.3, -0.25) is 4.90 Å². The van der Waals surface area contributed by atoms with Crippen molar-refractivity contribution in [2.45, 2.75) is 50.2 Å². The molecule has 1 saturated carbocycles. The molecular weight excluding hydrogens is 286 g/mol. The summed E-state index contributed by atoms with van der Waals surface area (Å²) in [6.07, 6.45) is 5.64. The number of aliphatic hydroxyl groups is 1. The Kier molecular flexibility index (Phi) is 5.66. The fourth-order valence-corrected chi connectivity index (χ4v) is 3.94. The van der Waals surface area contributed by atoms with Crippen LogP contribution >= 0.6 is 0 Å². The van der Waals surface area contributed by atoms with E-state index in [-0.39, 0.29) is 6.10 Å². The normalized spacial score (nSPS) is 28.6. The fourth-order valence-electron chi connectivity index (χ4n) is 3.94. The molecule has 0 spiro atoms. The van der Waals surface area contributed by atoms with Crippen molar-refractivity contribution in [2.24, 2.45) is 0 Å². The summed E-state index contributed by atoms with van der Waals surface area (Å²) in [7, 11) is 0. The zero-order valence-corrected chi connectivity index (χ0v) is 13.7. The fraction of sp³-hybridized carbons (Fsp3) is 0.632. The first-order valence-electron chi connectivity index (χ1n) is 8.88. The lowest BCUT2D eigenvalue weighted by Crippen LogP contribution is -2.38. The monoisotopic (exact) mass is 313 g/mol. The lowest BCUT2D eigenvalue weighted by atomic mass is 9.81. The van der Waals surface area contributed by atoms with Gasteiger partial charge in [-0.05, 0) is 55.7 Å². The average Bonchev–Trinajstić information content (AvgIpc) is 3.01. The van der Waals surface area contributed by atoms with E-state index in [1.54, 1.807) is 0 Å². The highest BCUT2D eigenvalue weighted by Gasteiger charge is 2.23. The van der Waals surface area contributed by atoms with Crippen molar-refractivity contribution in [1.29, 1.82) is 5.26 Å². The molecule has 0 amide bonds. The Morgan fingerprint density at radius 1 is 1.22 bits per heavy atom. The Morgan fingerprint density at radius 3 is 2.74 bits per heavy atom. The summed E-state index contributed by atoms with van der Waals surface area (Å²) in [6, 6.07) is 11.0. The molecule has 1 saturated heterocycles. The van der Waals surface area contributed by atoms with Crippen LogP contribution in [0.4, 0.5) is 0 Å². The van der Waals surface area contributed by atoms with Crippen LogP contribution in [0.1, 0.15) is 49.1 Å². The van der Waals surface area contributed by atoms with Crippen LogP contribution in [-0.2, 0) is 0 Å². The molecule has 124 valence electrons. The number of nitrogens with zero attached hydrogens (tertiary/aromatic N) is 2. The summed E-state index contributed by atoms with van der Waals surface area (Å²) < 4.78 is 0. The Labute approximate surface area is 139 Å². The van der Waals surface area contributed by atoms with E-state index in [4.69, 9.17) is 5.26 Å². The lowest BCUT2D eigenvalue weighted by molar-refractivity contribution is 0.176. The molecule has 0 radical (unpaired) electrons. The summed E-state index contributed by atoms with van der Waals surface area (Å²) in [5.74, 6) is 0.607. The van der Waals surface area contributed by atoms with Gasteiger partial charge in [0.1, 0.15) is 0 Å². The van der Waals surface area contributed by atoms with Crippen LogP contribution in [0.2, 0.25) is 0 Å². The van der Waals surface area contributed by atoms with Gasteiger partial charge in [0.05, 0.1) is 17.7 Å². The number of nitrogens with one attached hydrogen (secondary N) is 1. The maximum Gasteiger partial charge on any atom is 0.0991 e. The van der Waals surface area contributed by atoms with Crippen LogP contribution in [-0.4, -0.2) is 48.3 Å². The number of β-amino-alcohol motifs (C(OH)–C–C–N with tert-alkyl or cyclic N) is 1. The predicted octanol–water partition coefficient (Wildman–Crippen LogP) is 2.24. The molecule has 4 nitrogen and oxygen atoms in total. The molecule has 1 heterocycles. The van der Waals surface area contributed by atoms with Gasteiger partial charge >= 0.3 is 0 Å². The summed E-state index contributed by atoms with van der Waals surface area (Å²) in [4.78, 5) is 2.34. The molecule has 1 atom stereocenters. The maximum absolute atomic E-state index is 9.54. The van der Waals surface area contributed by atoms with E-state index >= 15 is 0 Å². The van der Waals surface area contributed by atoms with E-state index in [2.05, 4.69) is 28.4 Å². The van der Waals surface area contributed by atoms with Crippen LogP contribution < -0.4 is 5.32 Å². The highest BCUT2D eigenvalue weighted by molar-refractivity contribution is 5.34. The molecule has 1 aliphatic heterocycles. The number of hydrogen-bond acceptors (Lipinski definition) is 4. The van der Waals surface area contributed by atoms with Crippen molar-refractivity contribution >= 4 is 0 Å². The number of rotatable bonds is 5. The summed E-state index contributed by atoms with van der Waals surface area (Å²) >= 11 is 0. The van der Waals surface area contributed by atoms with Gasteiger partial charge < -0.3 is 10.4 Å². The molecule has 0 aromatic heterocycles. The molecular formula is C19H27N3O. The molecule has 2 N–H and O–H groups in total. The van der Waals surface area contributed by atoms with Crippen molar-refractivity contribution in [3.05, 3.63) is 35.4 Å². The topological polar surface area (TPSA) is 59.3 Å². The van der Waals surface area contributed by atoms with E-state index in [1.807, 2.05) is 12.1 Å². The molecule has 2 aliphatic rings. The van der Waals surface area contributed by atoms with Crippen LogP contribution in [0, 0.1) is 11.3 Å². The molecule has 1 aliphatic carbocycles. The first-order chi connectivity index (χ1) is 11.2. The molecule has 1 aromatic carbocycles. The minimum absolute atomic E-state index is 0.116. The van der Waals surface area contributed by atoms with Gasteiger partial charge in [-0.1, -0.05) is 12.1 Å². The van der Waals surface area contributed by atoms with Crippen LogP contribution in [0.25, 0.3) is 0 Å². The maximum atomic E-state index is 9.54. The zero-order chi connectivity index (χ0) is 16.1. The lowest BCUT2D eigenvalue weighted by Gasteiger charge is -2.30. The molecule has 0 bridgehead atoms. The molecule has 23 heavy (non-hydrogen) atoms. The Hall–Kier alpha value is -1.41. The van der Waals surface area contributed by atoms with E-state index in [9.17, 15) is 5.11 Å². The second-order valence-electron chi connectivity index (χ2n) is 6.98. The van der Waals surface area contributed by atoms with E-state index in [1.165, 1.54) is 31.2 Å². The zero-order valence-electron chi connectivity index (χ0n) is 13.7. The number of nitriles is 1. The second-order valence-corrected chi connectivity index (χ2v) is 6.98. The Bertz CT molecular complexity index is 546. The van der Waals surface area contributed by atoms with Crippen molar-refractivity contribution in [3.8, 4) is 6.07 Å². The molecule has 4 heteroatoms. The predicted molar refractivity (Wildman–Crippen MR) is 91.2 cm³/mol. The van der Waals surface area contributed by atoms with Crippen molar-refractivity contribution < 1.29 is 5.11 Å². The average molecular weight is 313 g/mol. The van der Waals surface area contributed by atoms with Crippen LogP contribution in [0.15, 0.2) is 24.3 Å². The third-order valence-electron chi connectivity index (χ3n) is 5.32. The largest absolute Gasteiger partial charge is 0.392 e. The summed E-state index contributed by atoms with van der Waals surface area (Å²) in [5, 5.41) is 22.2. The summed E-state index contributed by atoms with van der Waals surface area (Å²) in [5.41, 5.74) is 2.10.